The smallest absolute Gasteiger partial charge is 0.222 e. The van der Waals surface area contributed by atoms with Crippen molar-refractivity contribution in [3.8, 4) is 17.6 Å². The summed E-state index contributed by atoms with van der Waals surface area (Å²) in [5.74, 6) is 2.35. The second-order valence-electron chi connectivity index (χ2n) is 15.5. The average molecular weight is 757 g/mol. The average Bonchev–Trinajstić information content (AvgIpc) is 3.26. The van der Waals surface area contributed by atoms with Crippen molar-refractivity contribution in [3.63, 3.8) is 0 Å². The van der Waals surface area contributed by atoms with Crippen LogP contribution in [-0.2, 0) is 24.1 Å². The van der Waals surface area contributed by atoms with Gasteiger partial charge in [0.05, 0.1) is 12.7 Å². The largest absolute Gasteiger partial charge is 0.493 e. The van der Waals surface area contributed by atoms with Crippen LogP contribution in [0.3, 0.4) is 0 Å². The maximum absolute atomic E-state index is 12.2. The summed E-state index contributed by atoms with van der Waals surface area (Å²) in [6.07, 6.45) is 9.58. The monoisotopic (exact) mass is 756 g/mol. The molecule has 1 N–H and O–H groups in total. The first kappa shape index (κ1) is 41.0. The molecule has 0 bridgehead atoms. The minimum absolute atomic E-state index is 0.248. The zero-order chi connectivity index (χ0) is 38.8. The molecule has 3 saturated heterocycles. The van der Waals surface area contributed by atoms with Crippen LogP contribution in [0.1, 0.15) is 73.3 Å². The van der Waals surface area contributed by atoms with Crippen LogP contribution in [-0.4, -0.2) is 90.8 Å². The Balaban J connectivity index is 0.000000194. The second-order valence-corrected chi connectivity index (χ2v) is 15.5. The molecule has 1 amide bonds. The third-order valence-electron chi connectivity index (χ3n) is 11.5. The summed E-state index contributed by atoms with van der Waals surface area (Å²) in [7, 11) is 0. The molecule has 7 rings (SSSR count). The number of carbonyl (C=O) groups is 1. The summed E-state index contributed by atoms with van der Waals surface area (Å²) in [5.41, 5.74) is 4.81. The van der Waals surface area contributed by atoms with E-state index >= 15 is 0 Å². The van der Waals surface area contributed by atoms with Gasteiger partial charge in [0.15, 0.2) is 0 Å². The molecular weight excluding hydrogens is 697 g/mol. The third-order valence-corrected chi connectivity index (χ3v) is 11.5. The number of aliphatic hydroxyl groups is 1. The van der Waals surface area contributed by atoms with E-state index in [2.05, 4.69) is 81.4 Å². The van der Waals surface area contributed by atoms with E-state index < -0.39 is 6.10 Å². The molecule has 4 aromatic rings. The molecule has 0 aliphatic carbocycles. The Morgan fingerprint density at radius 1 is 0.643 bits per heavy atom. The van der Waals surface area contributed by atoms with Gasteiger partial charge in [-0.2, -0.15) is 5.26 Å². The Bertz CT molecular complexity index is 1750. The lowest BCUT2D eigenvalue weighted by molar-refractivity contribution is -0.136. The number of ether oxygens (including phenoxy) is 2. The fraction of sp³-hybridized carbons (Fsp3) is 0.458. The van der Waals surface area contributed by atoms with Gasteiger partial charge in [-0.15, -0.1) is 0 Å². The van der Waals surface area contributed by atoms with Gasteiger partial charge in [0.2, 0.25) is 5.91 Å². The number of rotatable bonds is 15. The van der Waals surface area contributed by atoms with Crippen LogP contribution in [0.2, 0.25) is 0 Å². The highest BCUT2D eigenvalue weighted by Gasteiger charge is 2.29. The summed E-state index contributed by atoms with van der Waals surface area (Å²) < 4.78 is 11.6. The van der Waals surface area contributed by atoms with Crippen molar-refractivity contribution < 1.29 is 19.4 Å². The molecule has 3 fully saturated rings. The Morgan fingerprint density at radius 3 is 1.75 bits per heavy atom. The number of likely N-dealkylation sites (tertiary alicyclic amines) is 3. The van der Waals surface area contributed by atoms with Gasteiger partial charge in [-0.25, -0.2) is 0 Å². The van der Waals surface area contributed by atoms with Gasteiger partial charge in [-0.3, -0.25) is 4.79 Å². The zero-order valence-corrected chi connectivity index (χ0v) is 33.0. The lowest BCUT2D eigenvalue weighted by Crippen LogP contribution is -2.49. The van der Waals surface area contributed by atoms with E-state index in [4.69, 9.17) is 14.7 Å². The summed E-state index contributed by atoms with van der Waals surface area (Å²) in [6.45, 7) is 8.30. The van der Waals surface area contributed by atoms with Gasteiger partial charge < -0.3 is 29.3 Å². The molecule has 3 heterocycles. The highest BCUT2D eigenvalue weighted by Crippen LogP contribution is 2.23. The van der Waals surface area contributed by atoms with Crippen LogP contribution in [0.5, 0.6) is 11.5 Å². The van der Waals surface area contributed by atoms with E-state index in [9.17, 15) is 9.90 Å². The van der Waals surface area contributed by atoms with Gasteiger partial charge in [-0.05, 0) is 111 Å². The minimum Gasteiger partial charge on any atom is -0.493 e. The van der Waals surface area contributed by atoms with E-state index in [0.29, 0.717) is 18.6 Å². The molecule has 1 unspecified atom stereocenters. The lowest BCUT2D eigenvalue weighted by Gasteiger charge is -2.40. The van der Waals surface area contributed by atoms with Crippen LogP contribution in [0.15, 0.2) is 109 Å². The van der Waals surface area contributed by atoms with Crippen LogP contribution in [0, 0.1) is 17.2 Å². The van der Waals surface area contributed by atoms with Crippen molar-refractivity contribution in [2.24, 2.45) is 5.92 Å². The van der Waals surface area contributed by atoms with E-state index in [1.54, 1.807) is 0 Å². The maximum atomic E-state index is 12.2. The quantitative estimate of drug-likeness (QED) is 0.132. The predicted octanol–water partition coefficient (Wildman–Crippen LogP) is 7.90. The van der Waals surface area contributed by atoms with E-state index in [1.807, 2.05) is 48.5 Å². The molecule has 1 atom stereocenters. The number of hydrogen-bond donors (Lipinski definition) is 1. The minimum atomic E-state index is -0.621. The molecule has 3 aliphatic rings. The molecule has 8 heteroatoms. The first-order valence-electron chi connectivity index (χ1n) is 20.9. The zero-order valence-electron chi connectivity index (χ0n) is 33.0. The first-order chi connectivity index (χ1) is 27.5. The van der Waals surface area contributed by atoms with E-state index in [1.165, 1.54) is 16.7 Å². The number of piperidine rings is 3. The molecule has 4 aromatic carbocycles. The highest BCUT2D eigenvalue weighted by atomic mass is 16.5. The van der Waals surface area contributed by atoms with E-state index in [0.717, 1.165) is 127 Å². The third kappa shape index (κ3) is 13.2. The number of amides is 1. The van der Waals surface area contributed by atoms with Crippen molar-refractivity contribution >= 4 is 5.91 Å². The van der Waals surface area contributed by atoms with Crippen LogP contribution in [0.4, 0.5) is 0 Å². The summed E-state index contributed by atoms with van der Waals surface area (Å²) in [5, 5.41) is 19.2. The molecular formula is C48H60N4O4. The Morgan fingerprint density at radius 2 is 1.18 bits per heavy atom. The lowest BCUT2D eigenvalue weighted by atomic mass is 9.98. The first-order valence-corrected chi connectivity index (χ1v) is 20.9. The number of aliphatic hydroxyl groups excluding tert-OH is 1. The summed E-state index contributed by atoms with van der Waals surface area (Å²) in [6, 6.07) is 39.5. The highest BCUT2D eigenvalue weighted by molar-refractivity contribution is 5.77. The van der Waals surface area contributed by atoms with Gasteiger partial charge in [0.1, 0.15) is 24.2 Å². The van der Waals surface area contributed by atoms with Crippen LogP contribution in [0.25, 0.3) is 0 Å². The van der Waals surface area contributed by atoms with Crippen LogP contribution >= 0.6 is 0 Å². The molecule has 0 saturated carbocycles. The number of nitriles is 1. The SMILES string of the molecule is N#CC1CCN(CCc2ccc(OCCc3ccccc3)cc2)CC1.O=C1CCCCN1C1CCN(CCc2ccc(OCC(O)c3ccccc3)cc2)CC1. The molecule has 0 radical (unpaired) electrons. The molecule has 56 heavy (non-hydrogen) atoms. The number of hydrogen-bond acceptors (Lipinski definition) is 7. The van der Waals surface area contributed by atoms with Crippen molar-refractivity contribution in [1.29, 1.82) is 5.26 Å². The number of nitrogens with zero attached hydrogens (tertiary/aromatic N) is 4. The standard InChI is InChI=1S/C26H34N2O3.C22H26N2O/c29-25(22-6-2-1-3-7-22)20-31-24-11-9-21(10-12-24)13-17-27-18-14-23(15-19-27)28-16-5-4-8-26(28)30;23-18-21-11-15-24(16-12-21)14-10-20-6-8-22(9-7-20)25-17-13-19-4-2-1-3-5-19/h1-3,6-7,9-12,23,25,29H,4-5,8,13-20H2;1-9,21H,10-17H2. The Hall–Kier alpha value is -4.68. The molecule has 0 aromatic heterocycles. The fourth-order valence-electron chi connectivity index (χ4n) is 7.91. The molecule has 0 spiro atoms. The van der Waals surface area contributed by atoms with Gasteiger partial charge in [0.25, 0.3) is 0 Å². The summed E-state index contributed by atoms with van der Waals surface area (Å²) in [4.78, 5) is 19.3. The van der Waals surface area contributed by atoms with Gasteiger partial charge in [-0.1, -0.05) is 84.9 Å². The predicted molar refractivity (Wildman–Crippen MR) is 223 cm³/mol. The maximum Gasteiger partial charge on any atom is 0.222 e. The van der Waals surface area contributed by atoms with Crippen molar-refractivity contribution in [3.05, 3.63) is 131 Å². The molecule has 296 valence electrons. The van der Waals surface area contributed by atoms with Crippen molar-refractivity contribution in [1.82, 2.24) is 14.7 Å². The van der Waals surface area contributed by atoms with Crippen LogP contribution < -0.4 is 9.47 Å². The number of benzene rings is 4. The van der Waals surface area contributed by atoms with Gasteiger partial charge >= 0.3 is 0 Å². The Kier molecular flexibility index (Phi) is 16.2. The van der Waals surface area contributed by atoms with Gasteiger partial charge in [0, 0.05) is 57.5 Å². The fourth-order valence-corrected chi connectivity index (χ4v) is 7.91. The normalized spacial score (nSPS) is 17.7. The van der Waals surface area contributed by atoms with Crippen molar-refractivity contribution in [2.75, 3.05) is 59.0 Å². The number of carbonyl (C=O) groups excluding carboxylic acids is 1. The summed E-state index contributed by atoms with van der Waals surface area (Å²) >= 11 is 0. The van der Waals surface area contributed by atoms with E-state index in [-0.39, 0.29) is 12.5 Å². The Labute approximate surface area is 334 Å². The van der Waals surface area contributed by atoms with Crippen molar-refractivity contribution in [2.45, 2.75) is 76.4 Å². The second kappa shape index (κ2) is 22.2. The molecule has 8 nitrogen and oxygen atoms in total. The topological polar surface area (TPSA) is 89.3 Å². The molecule has 3 aliphatic heterocycles.